The lowest BCUT2D eigenvalue weighted by atomic mass is 10.1. The molecule has 2 aliphatic rings. The molecule has 3 rings (SSSR count). The number of carbonyl (C=O) groups is 2. The second kappa shape index (κ2) is 7.72. The highest BCUT2D eigenvalue weighted by Crippen LogP contribution is 2.24. The van der Waals surface area contributed by atoms with Gasteiger partial charge in [0.05, 0.1) is 11.3 Å². The quantitative estimate of drug-likeness (QED) is 0.888. The molecule has 1 aromatic rings. The van der Waals surface area contributed by atoms with Crippen molar-refractivity contribution in [1.82, 2.24) is 14.7 Å². The van der Waals surface area contributed by atoms with E-state index in [4.69, 9.17) is 11.6 Å². The first-order chi connectivity index (χ1) is 12.0. The van der Waals surface area contributed by atoms with Crippen molar-refractivity contribution in [3.63, 3.8) is 0 Å². The number of rotatable bonds is 3. The first-order valence-electron chi connectivity index (χ1n) is 8.79. The van der Waals surface area contributed by atoms with E-state index >= 15 is 0 Å². The number of anilines is 1. The fourth-order valence-electron chi connectivity index (χ4n) is 3.51. The van der Waals surface area contributed by atoms with Gasteiger partial charge in [-0.2, -0.15) is 0 Å². The summed E-state index contributed by atoms with van der Waals surface area (Å²) in [5, 5.41) is 3.30. The van der Waals surface area contributed by atoms with Gasteiger partial charge < -0.3 is 15.1 Å². The first kappa shape index (κ1) is 18.2. The molecule has 0 spiro atoms. The Labute approximate surface area is 153 Å². The van der Waals surface area contributed by atoms with Crippen molar-refractivity contribution in [3.05, 3.63) is 28.8 Å². The molecule has 2 fully saturated rings. The van der Waals surface area contributed by atoms with Crippen molar-refractivity contribution < 1.29 is 9.59 Å². The monoisotopic (exact) mass is 364 g/mol. The summed E-state index contributed by atoms with van der Waals surface area (Å²) in [5.41, 5.74) is 0.997. The zero-order valence-corrected chi connectivity index (χ0v) is 15.6. The molecule has 136 valence electrons. The molecular formula is C18H25ClN4O2. The maximum Gasteiger partial charge on any atom is 0.256 e. The van der Waals surface area contributed by atoms with Crippen molar-refractivity contribution in [1.29, 1.82) is 0 Å². The van der Waals surface area contributed by atoms with Crippen LogP contribution in [0, 0.1) is 0 Å². The topological polar surface area (TPSA) is 55.9 Å². The molecule has 7 heteroatoms. The van der Waals surface area contributed by atoms with Gasteiger partial charge in [-0.05, 0) is 25.2 Å². The van der Waals surface area contributed by atoms with E-state index in [1.54, 1.807) is 25.1 Å². The van der Waals surface area contributed by atoms with Gasteiger partial charge in [0, 0.05) is 56.8 Å². The molecule has 1 atom stereocenters. The van der Waals surface area contributed by atoms with Crippen LogP contribution in [0.3, 0.4) is 0 Å². The number of amides is 2. The van der Waals surface area contributed by atoms with E-state index in [0.29, 0.717) is 41.8 Å². The molecule has 0 radical (unpaired) electrons. The molecule has 1 aromatic carbocycles. The van der Waals surface area contributed by atoms with Crippen molar-refractivity contribution in [2.45, 2.75) is 19.4 Å². The Bertz CT molecular complexity index is 666. The van der Waals surface area contributed by atoms with E-state index < -0.39 is 0 Å². The molecular weight excluding hydrogens is 340 g/mol. The Hall–Kier alpha value is -1.63. The molecule has 0 aliphatic carbocycles. The highest BCUT2D eigenvalue weighted by Gasteiger charge is 2.33. The summed E-state index contributed by atoms with van der Waals surface area (Å²) < 4.78 is 0. The predicted octanol–water partition coefficient (Wildman–Crippen LogP) is 1.76. The third-order valence-corrected chi connectivity index (χ3v) is 5.23. The van der Waals surface area contributed by atoms with E-state index in [1.807, 2.05) is 4.90 Å². The van der Waals surface area contributed by atoms with Gasteiger partial charge in [0.25, 0.3) is 5.91 Å². The molecule has 25 heavy (non-hydrogen) atoms. The van der Waals surface area contributed by atoms with Crippen LogP contribution in [0.25, 0.3) is 0 Å². The van der Waals surface area contributed by atoms with Gasteiger partial charge in [-0.3, -0.25) is 14.5 Å². The third kappa shape index (κ3) is 4.14. The van der Waals surface area contributed by atoms with Gasteiger partial charge in [0.2, 0.25) is 5.91 Å². The molecule has 1 unspecified atom stereocenters. The zero-order chi connectivity index (χ0) is 18.0. The Morgan fingerprint density at radius 1 is 1.20 bits per heavy atom. The summed E-state index contributed by atoms with van der Waals surface area (Å²) in [6.45, 7) is 7.21. The van der Waals surface area contributed by atoms with Crippen molar-refractivity contribution in [3.8, 4) is 0 Å². The Morgan fingerprint density at radius 2 is 1.96 bits per heavy atom. The van der Waals surface area contributed by atoms with Crippen LogP contribution in [0.15, 0.2) is 18.2 Å². The minimum absolute atomic E-state index is 0.0454. The lowest BCUT2D eigenvalue weighted by molar-refractivity contribution is -0.115. The maximum atomic E-state index is 13.1. The molecule has 0 aromatic heterocycles. The van der Waals surface area contributed by atoms with Gasteiger partial charge in [-0.25, -0.2) is 0 Å². The smallest absolute Gasteiger partial charge is 0.256 e. The van der Waals surface area contributed by atoms with Gasteiger partial charge in [-0.1, -0.05) is 18.5 Å². The van der Waals surface area contributed by atoms with Crippen LogP contribution in [0.5, 0.6) is 0 Å². The molecule has 2 aliphatic heterocycles. The predicted molar refractivity (Wildman–Crippen MR) is 99.1 cm³/mol. The highest BCUT2D eigenvalue weighted by molar-refractivity contribution is 6.31. The lowest BCUT2D eigenvalue weighted by Crippen LogP contribution is -2.62. The van der Waals surface area contributed by atoms with Gasteiger partial charge in [-0.15, -0.1) is 0 Å². The van der Waals surface area contributed by atoms with E-state index in [1.165, 1.54) is 0 Å². The van der Waals surface area contributed by atoms with Crippen LogP contribution in [0.2, 0.25) is 5.02 Å². The number of hydrogen-bond acceptors (Lipinski definition) is 4. The zero-order valence-electron chi connectivity index (χ0n) is 14.8. The summed E-state index contributed by atoms with van der Waals surface area (Å²) in [6, 6.07) is 5.42. The number of likely N-dealkylation sites (N-methyl/N-ethyl adjacent to an activating group) is 1. The van der Waals surface area contributed by atoms with Crippen LogP contribution in [0.1, 0.15) is 23.7 Å². The summed E-state index contributed by atoms with van der Waals surface area (Å²) >= 11 is 6.05. The van der Waals surface area contributed by atoms with Crippen LogP contribution < -0.4 is 5.32 Å². The van der Waals surface area contributed by atoms with E-state index in [-0.39, 0.29) is 11.8 Å². The summed E-state index contributed by atoms with van der Waals surface area (Å²) in [5.74, 6) is -0.175. The Balaban J connectivity index is 1.77. The van der Waals surface area contributed by atoms with Crippen molar-refractivity contribution in [2.75, 3.05) is 51.6 Å². The number of benzene rings is 1. The maximum absolute atomic E-state index is 13.1. The average molecular weight is 365 g/mol. The van der Waals surface area contributed by atoms with Crippen LogP contribution in [-0.4, -0.2) is 78.9 Å². The average Bonchev–Trinajstić information content (AvgIpc) is 2.60. The van der Waals surface area contributed by atoms with Crippen molar-refractivity contribution >= 4 is 29.1 Å². The van der Waals surface area contributed by atoms with Gasteiger partial charge in [0.1, 0.15) is 0 Å². The molecule has 2 amide bonds. The van der Waals surface area contributed by atoms with Gasteiger partial charge >= 0.3 is 0 Å². The number of halogens is 1. The van der Waals surface area contributed by atoms with Crippen LogP contribution in [-0.2, 0) is 4.79 Å². The number of hydrogen-bond donors (Lipinski definition) is 1. The second-order valence-electron chi connectivity index (χ2n) is 6.79. The molecule has 6 nitrogen and oxygen atoms in total. The number of fused-ring (bicyclic) bond motifs is 1. The summed E-state index contributed by atoms with van der Waals surface area (Å²) in [7, 11) is 2.12. The molecule has 2 heterocycles. The molecule has 0 saturated carbocycles. The number of carbonyl (C=O) groups excluding carboxylic acids is 2. The highest BCUT2D eigenvalue weighted by atomic mass is 35.5. The van der Waals surface area contributed by atoms with Gasteiger partial charge in [0.15, 0.2) is 0 Å². The minimum atomic E-state index is -0.130. The number of nitrogens with one attached hydrogen (secondary N) is 1. The van der Waals surface area contributed by atoms with Crippen LogP contribution in [0.4, 0.5) is 5.69 Å². The Kier molecular flexibility index (Phi) is 5.61. The summed E-state index contributed by atoms with van der Waals surface area (Å²) in [6.07, 6.45) is 0.354. The number of piperazine rings is 2. The minimum Gasteiger partial charge on any atom is -0.336 e. The fourth-order valence-corrected chi connectivity index (χ4v) is 3.68. The third-order valence-electron chi connectivity index (χ3n) is 4.99. The molecule has 2 saturated heterocycles. The van der Waals surface area contributed by atoms with E-state index in [2.05, 4.69) is 22.2 Å². The first-order valence-corrected chi connectivity index (χ1v) is 9.17. The van der Waals surface area contributed by atoms with Crippen molar-refractivity contribution in [2.24, 2.45) is 0 Å². The van der Waals surface area contributed by atoms with E-state index in [9.17, 15) is 9.59 Å². The van der Waals surface area contributed by atoms with Crippen LogP contribution >= 0.6 is 11.6 Å². The largest absolute Gasteiger partial charge is 0.336 e. The molecule has 0 bridgehead atoms. The van der Waals surface area contributed by atoms with E-state index in [0.717, 1.165) is 26.2 Å². The number of nitrogens with zero attached hydrogens (tertiary/aromatic N) is 3. The lowest BCUT2D eigenvalue weighted by Gasteiger charge is -2.46. The fraction of sp³-hybridized carbons (Fsp3) is 0.556. The second-order valence-corrected chi connectivity index (χ2v) is 7.23. The SMILES string of the molecule is CCC(=O)Nc1cc(Cl)ccc1C(=O)N1CCN2CCN(C)CC2C1. The normalized spacial score (nSPS) is 21.7. The Morgan fingerprint density at radius 3 is 2.72 bits per heavy atom. The molecule has 1 N–H and O–H groups in total. The standard InChI is InChI=1S/C18H25ClN4O2/c1-3-17(24)20-16-10-13(19)4-5-15(16)18(25)23-9-8-22-7-6-21(2)11-14(22)12-23/h4-5,10,14H,3,6-9,11-12H2,1-2H3,(H,20,24). The summed E-state index contributed by atoms with van der Waals surface area (Å²) in [4.78, 5) is 31.5.